The molecule has 12 N–H and O–H groups in total. The predicted octanol–water partition coefficient (Wildman–Crippen LogP) is -0.542. The standard InChI is InChI=1S/C48H60O23/c1-24(11-7-13-26(3)43(60)69-46-41(59)39(57)37(55)34(68-46)23-65-45-40(58)38(56)36(54)33(22-49)67-45)9-5-6-10-25(2)12-8-14-27(4)44(61)71-70-42-31(52)20-48(64,47(62)63)21-32(42)66-35(53)18-16-28-15-17-29(50)30(51)19-28/h5-19,31-34,36-42,45-46,49-52,54-59,64H,20-23H2,1-4H3,(H,62,63)/b6-5+,11-7+,12-8+,18-16+,24-9-,25-10+,26-13+,27-14+/t31-,32-,33-,34-,36-,37-,38+,39+,40-,41-,42-,45-,46+,48+/m1/s1. The number of aliphatic hydroxyl groups is 9. The summed E-state index contributed by atoms with van der Waals surface area (Å²) in [7, 11) is 0. The van der Waals surface area contributed by atoms with Crippen molar-refractivity contribution in [1.82, 2.24) is 0 Å². The Morgan fingerprint density at radius 3 is 1.82 bits per heavy atom. The van der Waals surface area contributed by atoms with Crippen LogP contribution in [0.1, 0.15) is 46.1 Å². The highest BCUT2D eigenvalue weighted by Crippen LogP contribution is 2.34. The zero-order chi connectivity index (χ0) is 52.7. The highest BCUT2D eigenvalue weighted by atomic mass is 17.2. The summed E-state index contributed by atoms with van der Waals surface area (Å²) in [5.41, 5.74) is -0.594. The molecule has 23 heteroatoms. The number of allylic oxidation sites excluding steroid dienone is 12. The Kier molecular flexibility index (Phi) is 21.5. The number of carboxylic acids is 1. The van der Waals surface area contributed by atoms with Crippen molar-refractivity contribution in [2.75, 3.05) is 13.2 Å². The zero-order valence-corrected chi connectivity index (χ0v) is 38.9. The lowest BCUT2D eigenvalue weighted by Crippen LogP contribution is -2.61. The third-order valence-electron chi connectivity index (χ3n) is 11.2. The van der Waals surface area contributed by atoms with E-state index in [0.717, 1.165) is 23.3 Å². The van der Waals surface area contributed by atoms with Crippen LogP contribution in [-0.4, -0.2) is 184 Å². The van der Waals surface area contributed by atoms with Gasteiger partial charge in [0.1, 0.15) is 54.9 Å². The molecule has 0 amide bonds. The first kappa shape index (κ1) is 57.7. The first-order valence-electron chi connectivity index (χ1n) is 21.9. The molecular formula is C48H60O23. The molecule has 1 saturated carbocycles. The van der Waals surface area contributed by atoms with E-state index in [0.29, 0.717) is 0 Å². The van der Waals surface area contributed by atoms with E-state index < -0.39 is 147 Å². The van der Waals surface area contributed by atoms with Crippen LogP contribution in [0.4, 0.5) is 0 Å². The Bertz CT molecular complexity index is 2270. The van der Waals surface area contributed by atoms with Crippen molar-refractivity contribution in [3.05, 3.63) is 113 Å². The molecule has 0 radical (unpaired) electrons. The summed E-state index contributed by atoms with van der Waals surface area (Å²) in [6, 6.07) is 3.71. The lowest BCUT2D eigenvalue weighted by atomic mass is 9.79. The van der Waals surface area contributed by atoms with Crippen LogP contribution in [0.5, 0.6) is 11.5 Å². The van der Waals surface area contributed by atoms with Gasteiger partial charge >= 0.3 is 23.9 Å². The fourth-order valence-corrected chi connectivity index (χ4v) is 6.91. The van der Waals surface area contributed by atoms with E-state index in [2.05, 4.69) is 0 Å². The second-order valence-electron chi connectivity index (χ2n) is 16.9. The van der Waals surface area contributed by atoms with Gasteiger partial charge in [0.05, 0.1) is 19.3 Å². The Hall–Kier alpha value is -5.90. The normalized spacial score (nSPS) is 32.4. The third kappa shape index (κ3) is 16.3. The number of phenolic OH excluding ortho intramolecular Hbond substituents is 2. The molecule has 390 valence electrons. The summed E-state index contributed by atoms with van der Waals surface area (Å²) in [6.45, 7) is 5.06. The summed E-state index contributed by atoms with van der Waals surface area (Å²) in [5.74, 6) is -5.53. The SMILES string of the molecule is CC(=C/C=C/C=C(C)/C=C/C=C(\C)C(=O)OO[C@@H]1[C@H](O)C[C@@](O)(C(=O)O)C[C@H]1OC(=O)/C=C/c1ccc(O)c(O)c1)/C=C/C=C(\C)C(=O)O[C@@H]1O[C@H](CO[C@@H]2O[C@H](CO)[C@@H](O)[C@H](O)[C@H]2O)[C@@H](O)[C@H](O)[C@H]1O. The minimum absolute atomic E-state index is 0.0406. The molecule has 71 heavy (non-hydrogen) atoms. The molecule has 1 aliphatic carbocycles. The van der Waals surface area contributed by atoms with Crippen molar-refractivity contribution in [3.63, 3.8) is 0 Å². The Morgan fingerprint density at radius 2 is 1.24 bits per heavy atom. The first-order chi connectivity index (χ1) is 33.5. The molecule has 14 atom stereocenters. The molecule has 4 rings (SSSR count). The maximum absolute atomic E-state index is 12.8. The second-order valence-corrected chi connectivity index (χ2v) is 16.9. The second kappa shape index (κ2) is 26.5. The lowest BCUT2D eigenvalue weighted by Gasteiger charge is -2.42. The van der Waals surface area contributed by atoms with Crippen LogP contribution in [0.15, 0.2) is 107 Å². The van der Waals surface area contributed by atoms with E-state index in [1.54, 1.807) is 62.5 Å². The molecular weight excluding hydrogens is 945 g/mol. The molecule has 0 bridgehead atoms. The quantitative estimate of drug-likeness (QED) is 0.0207. The number of hydrogen-bond donors (Lipinski definition) is 12. The monoisotopic (exact) mass is 1000 g/mol. The fraction of sp³-hybridized carbons (Fsp3) is 0.458. The molecule has 3 fully saturated rings. The molecule has 3 aliphatic rings. The highest BCUT2D eigenvalue weighted by Gasteiger charge is 2.53. The smallest absolute Gasteiger partial charge is 0.368 e. The predicted molar refractivity (Wildman–Crippen MR) is 242 cm³/mol. The first-order valence-corrected chi connectivity index (χ1v) is 21.9. The third-order valence-corrected chi connectivity index (χ3v) is 11.2. The lowest BCUT2D eigenvalue weighted by molar-refractivity contribution is -0.335. The number of aliphatic hydroxyl groups excluding tert-OH is 8. The largest absolute Gasteiger partial charge is 0.504 e. The molecule has 23 nitrogen and oxygen atoms in total. The summed E-state index contributed by atoms with van der Waals surface area (Å²) < 4.78 is 26.6. The van der Waals surface area contributed by atoms with Gasteiger partial charge in [0.2, 0.25) is 6.29 Å². The van der Waals surface area contributed by atoms with Crippen LogP contribution < -0.4 is 0 Å². The number of rotatable bonds is 19. The van der Waals surface area contributed by atoms with Crippen LogP contribution >= 0.6 is 0 Å². The van der Waals surface area contributed by atoms with Crippen molar-refractivity contribution in [1.29, 1.82) is 0 Å². The molecule has 2 heterocycles. The van der Waals surface area contributed by atoms with Crippen LogP contribution in [0.2, 0.25) is 0 Å². The van der Waals surface area contributed by atoms with E-state index in [1.807, 2.05) is 0 Å². The van der Waals surface area contributed by atoms with Crippen LogP contribution in [0, 0.1) is 0 Å². The zero-order valence-electron chi connectivity index (χ0n) is 38.9. The molecule has 0 spiro atoms. The number of aromatic hydroxyl groups is 2. The Balaban J connectivity index is 1.25. The summed E-state index contributed by atoms with van der Waals surface area (Å²) in [6.07, 6.45) is -4.69. The molecule has 2 aliphatic heterocycles. The van der Waals surface area contributed by atoms with E-state index in [-0.39, 0.29) is 16.7 Å². The average molecular weight is 1000 g/mol. The summed E-state index contributed by atoms with van der Waals surface area (Å²) in [5, 5.41) is 121. The number of hydrogen-bond acceptors (Lipinski definition) is 22. The Morgan fingerprint density at radius 1 is 0.676 bits per heavy atom. The summed E-state index contributed by atoms with van der Waals surface area (Å²) in [4.78, 5) is 60.0. The summed E-state index contributed by atoms with van der Waals surface area (Å²) >= 11 is 0. The molecule has 1 aromatic rings. The van der Waals surface area contributed by atoms with E-state index in [1.165, 1.54) is 44.2 Å². The number of ether oxygens (including phenoxy) is 5. The van der Waals surface area contributed by atoms with Gasteiger partial charge in [0.15, 0.2) is 29.5 Å². The van der Waals surface area contributed by atoms with Gasteiger partial charge in [0.25, 0.3) is 0 Å². The van der Waals surface area contributed by atoms with Crippen LogP contribution in [0.3, 0.4) is 0 Å². The Labute approximate surface area is 406 Å². The molecule has 0 aromatic heterocycles. The van der Waals surface area contributed by atoms with Gasteiger partial charge in [-0.05, 0) is 51.5 Å². The number of carbonyl (C=O) groups excluding carboxylic acids is 3. The number of phenols is 2. The van der Waals surface area contributed by atoms with Crippen molar-refractivity contribution in [3.8, 4) is 11.5 Å². The van der Waals surface area contributed by atoms with Gasteiger partial charge < -0.3 is 85.0 Å². The minimum Gasteiger partial charge on any atom is -0.504 e. The maximum atomic E-state index is 12.8. The number of carboxylic acid groups (broad SMARTS) is 1. The molecule has 1 aromatic carbocycles. The van der Waals surface area contributed by atoms with Gasteiger partial charge in [-0.3, -0.25) is 4.89 Å². The van der Waals surface area contributed by atoms with Crippen LogP contribution in [-0.2, 0) is 52.6 Å². The van der Waals surface area contributed by atoms with Crippen molar-refractivity contribution >= 4 is 30.0 Å². The van der Waals surface area contributed by atoms with Crippen molar-refractivity contribution in [2.45, 2.75) is 126 Å². The molecule has 2 saturated heterocycles. The number of carbonyl (C=O) groups is 4. The van der Waals surface area contributed by atoms with E-state index in [9.17, 15) is 80.5 Å². The maximum Gasteiger partial charge on any atom is 0.368 e. The topological polar surface area (TPSA) is 376 Å². The van der Waals surface area contributed by atoms with E-state index in [4.69, 9.17) is 33.5 Å². The van der Waals surface area contributed by atoms with Gasteiger partial charge in [0, 0.05) is 30.1 Å². The van der Waals surface area contributed by atoms with Gasteiger partial charge in [-0.2, -0.15) is 4.89 Å². The van der Waals surface area contributed by atoms with Crippen molar-refractivity contribution in [2.24, 2.45) is 0 Å². The fourth-order valence-electron chi connectivity index (χ4n) is 6.91. The van der Waals surface area contributed by atoms with Gasteiger partial charge in [-0.25, -0.2) is 19.2 Å². The number of aliphatic carboxylic acids is 1. The highest BCUT2D eigenvalue weighted by molar-refractivity contribution is 5.89. The minimum atomic E-state index is -2.51. The van der Waals surface area contributed by atoms with Crippen LogP contribution in [0.25, 0.3) is 6.08 Å². The van der Waals surface area contributed by atoms with Crippen molar-refractivity contribution < 1.29 is 114 Å². The van der Waals surface area contributed by atoms with Gasteiger partial charge in [-0.1, -0.05) is 78.0 Å². The number of esters is 2. The van der Waals surface area contributed by atoms with Gasteiger partial charge in [-0.15, -0.1) is 0 Å². The average Bonchev–Trinajstić information content (AvgIpc) is 3.32. The van der Waals surface area contributed by atoms with E-state index >= 15 is 0 Å². The molecule has 0 unspecified atom stereocenters. The number of benzene rings is 1.